The normalized spacial score (nSPS) is 11.8. The van der Waals surface area contributed by atoms with Crippen LogP contribution in [0.1, 0.15) is 6.92 Å². The Labute approximate surface area is 145 Å². The van der Waals surface area contributed by atoms with Crippen LogP contribution in [-0.4, -0.2) is 22.2 Å². The number of rotatable bonds is 5. The number of amides is 1. The first-order valence-corrected chi connectivity index (χ1v) is 7.43. The molecule has 134 valence electrons. The molecule has 6 nitrogen and oxygen atoms in total. The fourth-order valence-electron chi connectivity index (χ4n) is 2.09. The largest absolute Gasteiger partial charge is 0.481 e. The van der Waals surface area contributed by atoms with Gasteiger partial charge in [-0.25, -0.2) is 13.2 Å². The second kappa shape index (κ2) is 7.26. The fourth-order valence-corrected chi connectivity index (χ4v) is 2.09. The van der Waals surface area contributed by atoms with E-state index in [1.807, 2.05) is 0 Å². The molecule has 1 amide bonds. The van der Waals surface area contributed by atoms with Crippen molar-refractivity contribution in [3.8, 4) is 17.2 Å². The highest BCUT2D eigenvalue weighted by Gasteiger charge is 2.19. The third kappa shape index (κ3) is 3.66. The number of anilines is 1. The maximum Gasteiger partial charge on any atom is 0.265 e. The number of carbonyl (C=O) groups is 1. The van der Waals surface area contributed by atoms with Crippen LogP contribution in [0, 0.1) is 17.5 Å². The van der Waals surface area contributed by atoms with E-state index in [4.69, 9.17) is 9.15 Å². The molecule has 0 fully saturated rings. The lowest BCUT2D eigenvalue weighted by Crippen LogP contribution is -2.30. The molecule has 0 saturated carbocycles. The second-order valence-corrected chi connectivity index (χ2v) is 5.24. The van der Waals surface area contributed by atoms with E-state index in [0.717, 1.165) is 12.1 Å². The Hall–Kier alpha value is -3.36. The number of carbonyl (C=O) groups excluding carboxylic acids is 1. The van der Waals surface area contributed by atoms with Crippen molar-refractivity contribution in [2.45, 2.75) is 13.0 Å². The van der Waals surface area contributed by atoms with Crippen molar-refractivity contribution in [3.05, 3.63) is 60.2 Å². The van der Waals surface area contributed by atoms with Gasteiger partial charge in [-0.1, -0.05) is 0 Å². The van der Waals surface area contributed by atoms with E-state index in [1.54, 1.807) is 24.3 Å². The van der Waals surface area contributed by atoms with Crippen molar-refractivity contribution in [1.29, 1.82) is 0 Å². The number of benzene rings is 2. The van der Waals surface area contributed by atoms with Crippen molar-refractivity contribution in [1.82, 2.24) is 10.2 Å². The smallest absolute Gasteiger partial charge is 0.265 e. The quantitative estimate of drug-likeness (QED) is 0.702. The Bertz CT molecular complexity index is 915. The lowest BCUT2D eigenvalue weighted by molar-refractivity contribution is -0.122. The van der Waals surface area contributed by atoms with Gasteiger partial charge in [0, 0.05) is 5.56 Å². The molecule has 9 heteroatoms. The van der Waals surface area contributed by atoms with Crippen molar-refractivity contribution in [2.24, 2.45) is 0 Å². The Kier molecular flexibility index (Phi) is 4.87. The van der Waals surface area contributed by atoms with Crippen LogP contribution in [0.4, 0.5) is 18.9 Å². The third-order valence-corrected chi connectivity index (χ3v) is 3.44. The minimum atomic E-state index is -1.66. The number of hydrogen-bond donors (Lipinski definition) is 1. The van der Waals surface area contributed by atoms with Gasteiger partial charge < -0.3 is 14.5 Å². The summed E-state index contributed by atoms with van der Waals surface area (Å²) < 4.78 is 50.2. The molecule has 0 aliphatic carbocycles. The van der Waals surface area contributed by atoms with Gasteiger partial charge in [-0.15, -0.1) is 10.2 Å². The number of hydrogen-bond acceptors (Lipinski definition) is 5. The average Bonchev–Trinajstić information content (AvgIpc) is 3.17. The lowest BCUT2D eigenvalue weighted by atomic mass is 10.2. The topological polar surface area (TPSA) is 77.2 Å². The summed E-state index contributed by atoms with van der Waals surface area (Å²) in [5.41, 5.74) is 0.187. The van der Waals surface area contributed by atoms with Gasteiger partial charge in [0.1, 0.15) is 5.75 Å². The molecule has 3 rings (SSSR count). The second-order valence-electron chi connectivity index (χ2n) is 5.24. The van der Waals surface area contributed by atoms with Gasteiger partial charge in [0.25, 0.3) is 5.91 Å². The van der Waals surface area contributed by atoms with Gasteiger partial charge in [0.2, 0.25) is 12.3 Å². The maximum absolute atomic E-state index is 13.6. The highest BCUT2D eigenvalue weighted by molar-refractivity contribution is 5.94. The molecular weight excluding hydrogens is 351 g/mol. The van der Waals surface area contributed by atoms with Crippen LogP contribution in [0.2, 0.25) is 0 Å². The summed E-state index contributed by atoms with van der Waals surface area (Å²) in [5.74, 6) is -4.51. The summed E-state index contributed by atoms with van der Waals surface area (Å²) in [6.45, 7) is 1.43. The average molecular weight is 363 g/mol. The first-order valence-electron chi connectivity index (χ1n) is 7.43. The number of halogens is 3. The molecule has 0 saturated heterocycles. The number of nitrogens with one attached hydrogen (secondary N) is 1. The van der Waals surface area contributed by atoms with E-state index in [-0.39, 0.29) is 0 Å². The Morgan fingerprint density at radius 3 is 2.50 bits per heavy atom. The first-order chi connectivity index (χ1) is 12.5. The highest BCUT2D eigenvalue weighted by Crippen LogP contribution is 2.22. The van der Waals surface area contributed by atoms with Crippen molar-refractivity contribution < 1.29 is 27.1 Å². The van der Waals surface area contributed by atoms with Gasteiger partial charge >= 0.3 is 0 Å². The minimum Gasteiger partial charge on any atom is -0.481 e. The Morgan fingerprint density at radius 2 is 1.85 bits per heavy atom. The molecule has 0 aliphatic rings. The van der Waals surface area contributed by atoms with E-state index in [2.05, 4.69) is 15.5 Å². The van der Waals surface area contributed by atoms with E-state index in [0.29, 0.717) is 17.2 Å². The zero-order valence-corrected chi connectivity index (χ0v) is 13.4. The van der Waals surface area contributed by atoms with E-state index < -0.39 is 35.2 Å². The van der Waals surface area contributed by atoms with Gasteiger partial charge in [-0.3, -0.25) is 4.79 Å². The van der Waals surface area contributed by atoms with Crippen LogP contribution >= 0.6 is 0 Å². The molecular formula is C17H12F3N3O3. The molecule has 26 heavy (non-hydrogen) atoms. The Morgan fingerprint density at radius 1 is 1.12 bits per heavy atom. The summed E-state index contributed by atoms with van der Waals surface area (Å²) in [6.07, 6.45) is 0.181. The molecule has 1 aromatic heterocycles. The van der Waals surface area contributed by atoms with Crippen molar-refractivity contribution in [2.75, 3.05) is 5.32 Å². The van der Waals surface area contributed by atoms with Crippen LogP contribution in [0.5, 0.6) is 5.75 Å². The standard InChI is InChI=1S/C17H12F3N3O3/c1-9(16(24)22-13-7-6-12(18)14(19)15(13)20)26-11-4-2-10(3-5-11)17-23-21-8-25-17/h2-9H,1H3,(H,22,24)/t9-/m0/s1. The molecule has 3 aromatic rings. The molecule has 0 aliphatic heterocycles. The summed E-state index contributed by atoms with van der Waals surface area (Å²) in [5, 5.41) is 9.48. The number of aromatic nitrogens is 2. The Balaban J connectivity index is 1.65. The molecule has 0 spiro atoms. The fraction of sp³-hybridized carbons (Fsp3) is 0.118. The SMILES string of the molecule is C[C@H](Oc1ccc(-c2nnco2)cc1)C(=O)Nc1ccc(F)c(F)c1F. The predicted octanol–water partition coefficient (Wildman–Crippen LogP) is 3.56. The van der Waals surface area contributed by atoms with Crippen LogP contribution < -0.4 is 10.1 Å². The van der Waals surface area contributed by atoms with Crippen LogP contribution in [0.25, 0.3) is 11.5 Å². The van der Waals surface area contributed by atoms with Gasteiger partial charge in [-0.05, 0) is 43.3 Å². The van der Waals surface area contributed by atoms with E-state index >= 15 is 0 Å². The zero-order chi connectivity index (χ0) is 18.7. The maximum atomic E-state index is 13.6. The van der Waals surface area contributed by atoms with Crippen molar-refractivity contribution in [3.63, 3.8) is 0 Å². The molecule has 2 aromatic carbocycles. The van der Waals surface area contributed by atoms with E-state index in [1.165, 1.54) is 13.3 Å². The monoisotopic (exact) mass is 363 g/mol. The molecule has 1 N–H and O–H groups in total. The molecule has 1 heterocycles. The summed E-state index contributed by atoms with van der Waals surface area (Å²) in [6, 6.07) is 8.13. The van der Waals surface area contributed by atoms with Crippen LogP contribution in [0.3, 0.4) is 0 Å². The molecule has 0 unspecified atom stereocenters. The lowest BCUT2D eigenvalue weighted by Gasteiger charge is -2.15. The van der Waals surface area contributed by atoms with E-state index in [9.17, 15) is 18.0 Å². The molecule has 0 radical (unpaired) electrons. The predicted molar refractivity (Wildman–Crippen MR) is 84.8 cm³/mol. The van der Waals surface area contributed by atoms with Gasteiger partial charge in [0.05, 0.1) is 5.69 Å². The number of ether oxygens (including phenoxy) is 1. The minimum absolute atomic E-state index is 0.330. The molecule has 0 bridgehead atoms. The van der Waals surface area contributed by atoms with Gasteiger partial charge in [0.15, 0.2) is 23.6 Å². The number of nitrogens with zero attached hydrogens (tertiary/aromatic N) is 2. The summed E-state index contributed by atoms with van der Waals surface area (Å²) >= 11 is 0. The summed E-state index contributed by atoms with van der Waals surface area (Å²) in [4.78, 5) is 12.1. The zero-order valence-electron chi connectivity index (χ0n) is 13.4. The van der Waals surface area contributed by atoms with Gasteiger partial charge in [-0.2, -0.15) is 0 Å². The molecule has 1 atom stereocenters. The summed E-state index contributed by atoms with van der Waals surface area (Å²) in [7, 11) is 0. The first kappa shape index (κ1) is 17.5. The van der Waals surface area contributed by atoms with Crippen LogP contribution in [-0.2, 0) is 4.79 Å². The highest BCUT2D eigenvalue weighted by atomic mass is 19.2. The van der Waals surface area contributed by atoms with Crippen LogP contribution in [0.15, 0.2) is 47.2 Å². The van der Waals surface area contributed by atoms with Crippen molar-refractivity contribution >= 4 is 11.6 Å². The third-order valence-electron chi connectivity index (χ3n) is 3.44.